The molecule has 100 valence electrons. The van der Waals surface area contributed by atoms with Crippen molar-refractivity contribution in [2.24, 2.45) is 5.92 Å². The second-order valence-electron chi connectivity index (χ2n) is 4.49. The van der Waals surface area contributed by atoms with E-state index in [0.29, 0.717) is 17.4 Å². The zero-order valence-corrected chi connectivity index (χ0v) is 13.4. The number of nitrogens with one attached hydrogen (secondary N) is 1. The Kier molecular flexibility index (Phi) is 4.75. The molecule has 1 aliphatic heterocycles. The van der Waals surface area contributed by atoms with E-state index >= 15 is 0 Å². The van der Waals surface area contributed by atoms with Gasteiger partial charge in [0, 0.05) is 11.0 Å². The molecule has 1 fully saturated rings. The molecule has 1 heterocycles. The van der Waals surface area contributed by atoms with Crippen LogP contribution in [0.1, 0.15) is 12.0 Å². The third-order valence-electron chi connectivity index (χ3n) is 3.03. The minimum absolute atomic E-state index is 0.363. The second-order valence-corrected chi connectivity index (χ2v) is 8.29. The first-order valence-electron chi connectivity index (χ1n) is 5.82. The lowest BCUT2D eigenvalue weighted by Crippen LogP contribution is -2.29. The number of benzene rings is 1. The van der Waals surface area contributed by atoms with Gasteiger partial charge in [0.2, 0.25) is 10.0 Å². The zero-order valence-electron chi connectivity index (χ0n) is 10.1. The Morgan fingerprint density at radius 1 is 1.50 bits per heavy atom. The molecule has 2 rings (SSSR count). The van der Waals surface area contributed by atoms with Crippen molar-refractivity contribution in [3.8, 4) is 0 Å². The van der Waals surface area contributed by atoms with Crippen molar-refractivity contribution in [1.82, 2.24) is 4.72 Å². The molecule has 6 heteroatoms. The molecule has 0 aliphatic carbocycles. The molecule has 1 aliphatic rings. The van der Waals surface area contributed by atoms with Gasteiger partial charge in [-0.1, -0.05) is 22.0 Å². The van der Waals surface area contributed by atoms with Gasteiger partial charge in [-0.2, -0.15) is 11.8 Å². The smallest absolute Gasteiger partial charge is 0.211 e. The Balaban J connectivity index is 2.12. The number of rotatable bonds is 4. The number of hydrogen-bond acceptors (Lipinski definition) is 3. The van der Waals surface area contributed by atoms with E-state index < -0.39 is 10.0 Å². The van der Waals surface area contributed by atoms with Gasteiger partial charge in [-0.3, -0.25) is 0 Å². The van der Waals surface area contributed by atoms with Crippen LogP contribution in [-0.4, -0.2) is 26.5 Å². The molecule has 1 atom stereocenters. The summed E-state index contributed by atoms with van der Waals surface area (Å²) in [5.74, 6) is 2.67. The standard InChI is InChI=1S/C12H16BrNO2S2/c1-9-2-3-11(13)6-12(9)18(15,16)14-7-10-4-5-17-8-10/h2-3,6,10,14H,4-5,7-8H2,1H3. The van der Waals surface area contributed by atoms with Crippen molar-refractivity contribution < 1.29 is 8.42 Å². The van der Waals surface area contributed by atoms with Gasteiger partial charge in [0.25, 0.3) is 0 Å². The van der Waals surface area contributed by atoms with Crippen molar-refractivity contribution in [2.45, 2.75) is 18.2 Å². The molecule has 0 saturated carbocycles. The van der Waals surface area contributed by atoms with E-state index in [-0.39, 0.29) is 0 Å². The largest absolute Gasteiger partial charge is 0.240 e. The fourth-order valence-electron chi connectivity index (χ4n) is 1.91. The highest BCUT2D eigenvalue weighted by atomic mass is 79.9. The average Bonchev–Trinajstić information content (AvgIpc) is 2.83. The van der Waals surface area contributed by atoms with Crippen LogP contribution < -0.4 is 4.72 Å². The van der Waals surface area contributed by atoms with Crippen molar-refractivity contribution in [1.29, 1.82) is 0 Å². The second kappa shape index (κ2) is 5.94. The molecule has 0 aromatic heterocycles. The SMILES string of the molecule is Cc1ccc(Br)cc1S(=O)(=O)NCC1CCSC1. The van der Waals surface area contributed by atoms with Gasteiger partial charge in [-0.15, -0.1) is 0 Å². The highest BCUT2D eigenvalue weighted by Gasteiger charge is 2.21. The van der Waals surface area contributed by atoms with Crippen LogP contribution in [0.3, 0.4) is 0 Å². The Bertz CT molecular complexity index is 525. The molecule has 3 nitrogen and oxygen atoms in total. The maximum Gasteiger partial charge on any atom is 0.240 e. The lowest BCUT2D eigenvalue weighted by Gasteiger charge is -2.12. The molecule has 18 heavy (non-hydrogen) atoms. The minimum atomic E-state index is -3.39. The van der Waals surface area contributed by atoms with Crippen LogP contribution >= 0.6 is 27.7 Å². The number of sulfonamides is 1. The number of aryl methyl sites for hydroxylation is 1. The molecular formula is C12H16BrNO2S2. The summed E-state index contributed by atoms with van der Waals surface area (Å²) >= 11 is 5.20. The van der Waals surface area contributed by atoms with Crippen LogP contribution in [-0.2, 0) is 10.0 Å². The van der Waals surface area contributed by atoms with Gasteiger partial charge < -0.3 is 0 Å². The van der Waals surface area contributed by atoms with Crippen LogP contribution in [0.4, 0.5) is 0 Å². The molecule has 0 amide bonds. The predicted molar refractivity (Wildman–Crippen MR) is 79.5 cm³/mol. The molecule has 1 saturated heterocycles. The predicted octanol–water partition coefficient (Wildman–Crippen LogP) is 2.79. The van der Waals surface area contributed by atoms with E-state index in [0.717, 1.165) is 28.0 Å². The Morgan fingerprint density at radius 2 is 2.28 bits per heavy atom. The van der Waals surface area contributed by atoms with Gasteiger partial charge in [-0.25, -0.2) is 13.1 Å². The lowest BCUT2D eigenvalue weighted by atomic mass is 10.1. The Morgan fingerprint density at radius 3 is 2.94 bits per heavy atom. The quantitative estimate of drug-likeness (QED) is 0.908. The summed E-state index contributed by atoms with van der Waals surface area (Å²) in [5, 5.41) is 0. The van der Waals surface area contributed by atoms with E-state index in [9.17, 15) is 8.42 Å². The average molecular weight is 350 g/mol. The van der Waals surface area contributed by atoms with E-state index in [1.165, 1.54) is 0 Å². The van der Waals surface area contributed by atoms with Crippen molar-refractivity contribution in [2.75, 3.05) is 18.1 Å². The molecule has 1 aromatic rings. The molecule has 1 N–H and O–H groups in total. The number of hydrogen-bond donors (Lipinski definition) is 1. The first kappa shape index (κ1) is 14.4. The molecular weight excluding hydrogens is 334 g/mol. The summed E-state index contributed by atoms with van der Waals surface area (Å²) in [4.78, 5) is 0.363. The summed E-state index contributed by atoms with van der Waals surface area (Å²) in [6.07, 6.45) is 1.10. The monoisotopic (exact) mass is 349 g/mol. The van der Waals surface area contributed by atoms with Crippen molar-refractivity contribution in [3.05, 3.63) is 28.2 Å². The summed E-state index contributed by atoms with van der Waals surface area (Å²) in [6, 6.07) is 5.31. The van der Waals surface area contributed by atoms with E-state index in [4.69, 9.17) is 0 Å². The van der Waals surface area contributed by atoms with Gasteiger partial charge in [0.15, 0.2) is 0 Å². The Hall–Kier alpha value is -0.0400. The van der Waals surface area contributed by atoms with E-state index in [1.807, 2.05) is 30.8 Å². The highest BCUT2D eigenvalue weighted by molar-refractivity contribution is 9.10. The molecule has 0 radical (unpaired) electrons. The summed E-state index contributed by atoms with van der Waals surface area (Å²) in [5.41, 5.74) is 0.770. The third kappa shape index (κ3) is 3.50. The van der Waals surface area contributed by atoms with Crippen molar-refractivity contribution >= 4 is 37.7 Å². The van der Waals surface area contributed by atoms with Gasteiger partial charge in [0.05, 0.1) is 4.90 Å². The van der Waals surface area contributed by atoms with Crippen LogP contribution in [0, 0.1) is 12.8 Å². The van der Waals surface area contributed by atoms with Crippen LogP contribution in [0.25, 0.3) is 0 Å². The first-order valence-corrected chi connectivity index (χ1v) is 9.26. The zero-order chi connectivity index (χ0) is 13.2. The summed E-state index contributed by atoms with van der Waals surface area (Å²) in [6.45, 7) is 2.35. The maximum atomic E-state index is 12.2. The maximum absolute atomic E-state index is 12.2. The molecule has 0 spiro atoms. The topological polar surface area (TPSA) is 46.2 Å². The highest BCUT2D eigenvalue weighted by Crippen LogP contribution is 2.24. The summed E-state index contributed by atoms with van der Waals surface area (Å²) in [7, 11) is -3.39. The molecule has 0 bridgehead atoms. The van der Waals surface area contributed by atoms with Crippen LogP contribution in [0.5, 0.6) is 0 Å². The minimum Gasteiger partial charge on any atom is -0.211 e. The Labute approximate surface area is 121 Å². The van der Waals surface area contributed by atoms with Gasteiger partial charge in [-0.05, 0) is 48.5 Å². The van der Waals surface area contributed by atoms with Crippen LogP contribution in [0.15, 0.2) is 27.6 Å². The fraction of sp³-hybridized carbons (Fsp3) is 0.500. The number of thioether (sulfide) groups is 1. The normalized spacial score (nSPS) is 20.2. The first-order chi connectivity index (χ1) is 8.49. The van der Waals surface area contributed by atoms with E-state index in [2.05, 4.69) is 20.7 Å². The van der Waals surface area contributed by atoms with Crippen molar-refractivity contribution in [3.63, 3.8) is 0 Å². The third-order valence-corrected chi connectivity index (χ3v) is 6.32. The van der Waals surface area contributed by atoms with Gasteiger partial charge in [0.1, 0.15) is 0 Å². The van der Waals surface area contributed by atoms with Crippen LogP contribution in [0.2, 0.25) is 0 Å². The molecule has 1 aromatic carbocycles. The number of halogens is 1. The fourth-order valence-corrected chi connectivity index (χ4v) is 5.09. The molecule has 1 unspecified atom stereocenters. The van der Waals surface area contributed by atoms with Gasteiger partial charge >= 0.3 is 0 Å². The lowest BCUT2D eigenvalue weighted by molar-refractivity contribution is 0.545. The summed E-state index contributed by atoms with van der Waals surface area (Å²) < 4.78 is 28.0. The van der Waals surface area contributed by atoms with E-state index in [1.54, 1.807) is 6.07 Å².